The van der Waals surface area contributed by atoms with Crippen molar-refractivity contribution >= 4 is 6.03 Å². The molecule has 2 amide bonds. The van der Waals surface area contributed by atoms with E-state index in [1.165, 1.54) is 6.07 Å². The van der Waals surface area contributed by atoms with E-state index in [2.05, 4.69) is 5.32 Å². The van der Waals surface area contributed by atoms with E-state index in [-0.39, 0.29) is 24.5 Å². The van der Waals surface area contributed by atoms with E-state index >= 15 is 0 Å². The molecule has 0 aromatic heterocycles. The summed E-state index contributed by atoms with van der Waals surface area (Å²) < 4.78 is 13.6. The Bertz CT molecular complexity index is 473. The van der Waals surface area contributed by atoms with E-state index < -0.39 is 0 Å². The Morgan fingerprint density at radius 1 is 1.50 bits per heavy atom. The van der Waals surface area contributed by atoms with E-state index in [0.29, 0.717) is 25.1 Å². The van der Waals surface area contributed by atoms with Crippen LogP contribution in [-0.4, -0.2) is 35.7 Å². The molecule has 0 heterocycles. The third-order valence-corrected chi connectivity index (χ3v) is 3.66. The molecule has 0 saturated heterocycles. The summed E-state index contributed by atoms with van der Waals surface area (Å²) >= 11 is 0. The zero-order valence-corrected chi connectivity index (χ0v) is 11.7. The van der Waals surface area contributed by atoms with E-state index in [9.17, 15) is 9.18 Å². The third-order valence-electron chi connectivity index (χ3n) is 3.66. The second kappa shape index (κ2) is 6.70. The van der Waals surface area contributed by atoms with Crippen molar-refractivity contribution in [2.45, 2.75) is 32.2 Å². The van der Waals surface area contributed by atoms with Gasteiger partial charge in [0.1, 0.15) is 5.82 Å². The van der Waals surface area contributed by atoms with Gasteiger partial charge in [0.25, 0.3) is 0 Å². The molecule has 2 N–H and O–H groups in total. The van der Waals surface area contributed by atoms with E-state index in [1.54, 1.807) is 11.0 Å². The van der Waals surface area contributed by atoms with Gasteiger partial charge < -0.3 is 15.3 Å². The van der Waals surface area contributed by atoms with E-state index in [4.69, 9.17) is 5.11 Å². The molecule has 0 aliphatic heterocycles. The van der Waals surface area contributed by atoms with Crippen molar-refractivity contribution in [2.75, 3.05) is 19.7 Å². The lowest BCUT2D eigenvalue weighted by Crippen LogP contribution is -2.43. The summed E-state index contributed by atoms with van der Waals surface area (Å²) in [6.07, 6.45) is 2.21. The number of aliphatic hydroxyl groups is 1. The fraction of sp³-hybridized carbons (Fsp3) is 0.533. The lowest BCUT2D eigenvalue weighted by molar-refractivity contribution is 0.174. The van der Waals surface area contributed by atoms with Crippen LogP contribution in [0, 0.1) is 5.82 Å². The second-order valence-corrected chi connectivity index (χ2v) is 5.06. The van der Waals surface area contributed by atoms with Gasteiger partial charge in [0.2, 0.25) is 0 Å². The minimum Gasteiger partial charge on any atom is -0.395 e. The SMILES string of the molecule is CCCN(CCO)C(=O)NC1CCc2c(F)cccc21. The van der Waals surface area contributed by atoms with Crippen LogP contribution in [0.25, 0.3) is 0 Å². The zero-order chi connectivity index (χ0) is 14.5. The Hall–Kier alpha value is -1.62. The molecule has 1 aromatic rings. The number of nitrogens with one attached hydrogen (secondary N) is 1. The maximum Gasteiger partial charge on any atom is 0.317 e. The van der Waals surface area contributed by atoms with E-state index in [0.717, 1.165) is 18.4 Å². The van der Waals surface area contributed by atoms with Crippen LogP contribution in [0.15, 0.2) is 18.2 Å². The predicted octanol–water partition coefficient (Wildman–Crippen LogP) is 2.23. The van der Waals surface area contributed by atoms with Crippen LogP contribution in [0.5, 0.6) is 0 Å². The Labute approximate surface area is 118 Å². The molecule has 0 fully saturated rings. The summed E-state index contributed by atoms with van der Waals surface area (Å²) in [5.41, 5.74) is 1.58. The van der Waals surface area contributed by atoms with E-state index in [1.807, 2.05) is 13.0 Å². The van der Waals surface area contributed by atoms with Crippen molar-refractivity contribution in [3.63, 3.8) is 0 Å². The molecule has 0 spiro atoms. The van der Waals surface area contributed by atoms with Crippen LogP contribution < -0.4 is 5.32 Å². The number of aliphatic hydroxyl groups excluding tert-OH is 1. The lowest BCUT2D eigenvalue weighted by Gasteiger charge is -2.24. The van der Waals surface area contributed by atoms with Gasteiger partial charge >= 0.3 is 6.03 Å². The van der Waals surface area contributed by atoms with Gasteiger partial charge in [-0.15, -0.1) is 0 Å². The Balaban J connectivity index is 2.05. The predicted molar refractivity (Wildman–Crippen MR) is 74.9 cm³/mol. The number of carbonyl (C=O) groups is 1. The topological polar surface area (TPSA) is 52.6 Å². The summed E-state index contributed by atoms with van der Waals surface area (Å²) in [6.45, 7) is 2.86. The highest BCUT2D eigenvalue weighted by molar-refractivity contribution is 5.75. The minimum absolute atomic E-state index is 0.0523. The first-order valence-electron chi connectivity index (χ1n) is 7.11. The van der Waals surface area contributed by atoms with Crippen molar-refractivity contribution in [3.8, 4) is 0 Å². The van der Waals surface area contributed by atoms with Crippen LogP contribution in [0.1, 0.15) is 36.9 Å². The number of rotatable bonds is 5. The molecule has 20 heavy (non-hydrogen) atoms. The number of urea groups is 1. The number of nitrogens with zero attached hydrogens (tertiary/aromatic N) is 1. The number of carbonyl (C=O) groups excluding carboxylic acids is 1. The molecule has 1 aromatic carbocycles. The summed E-state index contributed by atoms with van der Waals surface area (Å²) in [7, 11) is 0. The van der Waals surface area contributed by atoms with Crippen LogP contribution in [0.4, 0.5) is 9.18 Å². The van der Waals surface area contributed by atoms with Crippen molar-refractivity contribution in [2.24, 2.45) is 0 Å². The maximum absolute atomic E-state index is 13.6. The molecule has 110 valence electrons. The number of hydrogen-bond acceptors (Lipinski definition) is 2. The zero-order valence-electron chi connectivity index (χ0n) is 11.7. The van der Waals surface area contributed by atoms with Gasteiger partial charge in [-0.2, -0.15) is 0 Å². The van der Waals surface area contributed by atoms with Crippen LogP contribution in [-0.2, 0) is 6.42 Å². The Morgan fingerprint density at radius 3 is 3.00 bits per heavy atom. The summed E-state index contributed by atoms with van der Waals surface area (Å²) in [5.74, 6) is -0.194. The highest BCUT2D eigenvalue weighted by Gasteiger charge is 2.27. The monoisotopic (exact) mass is 280 g/mol. The molecule has 4 nitrogen and oxygen atoms in total. The third kappa shape index (κ3) is 3.10. The highest BCUT2D eigenvalue weighted by atomic mass is 19.1. The molecule has 2 rings (SSSR count). The van der Waals surface area contributed by atoms with Gasteiger partial charge in [-0.25, -0.2) is 9.18 Å². The first-order chi connectivity index (χ1) is 9.67. The molecule has 0 saturated carbocycles. The fourth-order valence-corrected chi connectivity index (χ4v) is 2.71. The van der Waals surface area contributed by atoms with Crippen molar-refractivity contribution < 1.29 is 14.3 Å². The normalized spacial score (nSPS) is 16.9. The molecule has 0 bridgehead atoms. The smallest absolute Gasteiger partial charge is 0.317 e. The minimum atomic E-state index is -0.194. The van der Waals surface area contributed by atoms with Crippen LogP contribution in [0.3, 0.4) is 0 Å². The van der Waals surface area contributed by atoms with Gasteiger partial charge in [-0.1, -0.05) is 19.1 Å². The van der Waals surface area contributed by atoms with Gasteiger partial charge in [0.15, 0.2) is 0 Å². The number of halogens is 1. The van der Waals surface area contributed by atoms with Gasteiger partial charge in [0, 0.05) is 13.1 Å². The van der Waals surface area contributed by atoms with Crippen LogP contribution >= 0.6 is 0 Å². The summed E-state index contributed by atoms with van der Waals surface area (Å²) in [4.78, 5) is 13.8. The average molecular weight is 280 g/mol. The van der Waals surface area contributed by atoms with Crippen molar-refractivity contribution in [1.29, 1.82) is 0 Å². The molecule has 1 aliphatic carbocycles. The molecule has 5 heteroatoms. The lowest BCUT2D eigenvalue weighted by atomic mass is 10.1. The number of fused-ring (bicyclic) bond motifs is 1. The number of amides is 2. The molecule has 1 unspecified atom stereocenters. The molecule has 1 atom stereocenters. The summed E-state index contributed by atoms with van der Waals surface area (Å²) in [6, 6.07) is 4.68. The maximum atomic E-state index is 13.6. The first-order valence-corrected chi connectivity index (χ1v) is 7.11. The first kappa shape index (κ1) is 14.8. The number of benzene rings is 1. The number of hydrogen-bond donors (Lipinski definition) is 2. The van der Waals surface area contributed by atoms with Gasteiger partial charge in [-0.05, 0) is 36.5 Å². The van der Waals surface area contributed by atoms with Crippen molar-refractivity contribution in [1.82, 2.24) is 10.2 Å². The molecule has 1 aliphatic rings. The average Bonchev–Trinajstić information content (AvgIpc) is 2.83. The van der Waals surface area contributed by atoms with Gasteiger partial charge in [-0.3, -0.25) is 0 Å². The fourth-order valence-electron chi connectivity index (χ4n) is 2.71. The standard InChI is InChI=1S/C15H21FN2O2/c1-2-8-18(9-10-19)15(20)17-14-7-6-11-12(14)4-3-5-13(11)16/h3-5,14,19H,2,6-10H2,1H3,(H,17,20). The summed E-state index contributed by atoms with van der Waals surface area (Å²) in [5, 5.41) is 11.9. The molecular weight excluding hydrogens is 259 g/mol. The second-order valence-electron chi connectivity index (χ2n) is 5.06. The Morgan fingerprint density at radius 2 is 2.30 bits per heavy atom. The van der Waals surface area contributed by atoms with Gasteiger partial charge in [0.05, 0.1) is 12.6 Å². The molecule has 0 radical (unpaired) electrons. The largest absolute Gasteiger partial charge is 0.395 e. The highest BCUT2D eigenvalue weighted by Crippen LogP contribution is 2.32. The quantitative estimate of drug-likeness (QED) is 0.869. The van der Waals surface area contributed by atoms with Crippen LogP contribution in [0.2, 0.25) is 0 Å². The Kier molecular flexibility index (Phi) is 4.95. The molecular formula is C15H21FN2O2. The van der Waals surface area contributed by atoms with Crippen molar-refractivity contribution in [3.05, 3.63) is 35.1 Å².